The Morgan fingerprint density at radius 2 is 2.00 bits per heavy atom. The number of amides is 1. The summed E-state index contributed by atoms with van der Waals surface area (Å²) < 4.78 is 2.04. The molecule has 2 nitrogen and oxygen atoms in total. The molecule has 0 aromatic heterocycles. The summed E-state index contributed by atoms with van der Waals surface area (Å²) in [5.74, 6) is -0.171. The van der Waals surface area contributed by atoms with Gasteiger partial charge in [-0.2, -0.15) is 0 Å². The van der Waals surface area contributed by atoms with E-state index in [0.29, 0.717) is 10.6 Å². The molecule has 2 aromatic rings. The maximum atomic E-state index is 12.0. The zero-order chi connectivity index (χ0) is 13.1. The highest BCUT2D eigenvalue weighted by molar-refractivity contribution is 14.1. The fourth-order valence-electron chi connectivity index (χ4n) is 1.41. The topological polar surface area (TPSA) is 29.1 Å². The normalized spacial score (nSPS) is 10.2. The second-order valence-electron chi connectivity index (χ2n) is 3.59. The number of nitrogens with one attached hydrogen (secondary N) is 1. The van der Waals surface area contributed by atoms with Crippen molar-refractivity contribution in [3.8, 4) is 0 Å². The van der Waals surface area contributed by atoms with Crippen LogP contribution in [0.5, 0.6) is 0 Å². The second-order valence-corrected chi connectivity index (χ2v) is 6.05. The molecule has 1 N–H and O–H groups in total. The minimum absolute atomic E-state index is 0.171. The largest absolute Gasteiger partial charge is 0.322 e. The molecular formula is C13H8BrClINO. The van der Waals surface area contributed by atoms with Crippen LogP contribution in [0.3, 0.4) is 0 Å². The SMILES string of the molecule is O=C(Nc1ccc(Br)c(I)c1)c1cccc(Cl)c1. The lowest BCUT2D eigenvalue weighted by atomic mass is 10.2. The first kappa shape index (κ1) is 13.8. The molecule has 0 atom stereocenters. The molecule has 0 fully saturated rings. The molecule has 0 aliphatic rings. The fraction of sp³-hybridized carbons (Fsp3) is 0. The van der Waals surface area contributed by atoms with Gasteiger partial charge < -0.3 is 5.32 Å². The van der Waals surface area contributed by atoms with Gasteiger partial charge in [0.2, 0.25) is 0 Å². The van der Waals surface area contributed by atoms with Crippen LogP contribution >= 0.6 is 50.1 Å². The molecule has 5 heteroatoms. The number of anilines is 1. The zero-order valence-corrected chi connectivity index (χ0v) is 13.6. The Bertz CT molecular complexity index is 603. The summed E-state index contributed by atoms with van der Waals surface area (Å²) >= 11 is 11.5. The van der Waals surface area contributed by atoms with Crippen LogP contribution in [-0.4, -0.2) is 5.91 Å². The Morgan fingerprint density at radius 1 is 1.22 bits per heavy atom. The van der Waals surface area contributed by atoms with Gasteiger partial charge in [0.1, 0.15) is 0 Å². The number of hydrogen-bond acceptors (Lipinski definition) is 1. The first-order valence-corrected chi connectivity index (χ1v) is 7.33. The van der Waals surface area contributed by atoms with Gasteiger partial charge >= 0.3 is 0 Å². The minimum atomic E-state index is -0.171. The Balaban J connectivity index is 2.18. The van der Waals surface area contributed by atoms with E-state index in [1.54, 1.807) is 24.3 Å². The average molecular weight is 436 g/mol. The van der Waals surface area contributed by atoms with Crippen molar-refractivity contribution in [1.82, 2.24) is 0 Å². The van der Waals surface area contributed by atoms with Gasteiger partial charge in [0.15, 0.2) is 0 Å². The molecule has 0 radical (unpaired) electrons. The highest BCUT2D eigenvalue weighted by Crippen LogP contribution is 2.23. The Morgan fingerprint density at radius 3 is 2.67 bits per heavy atom. The number of rotatable bonds is 2. The van der Waals surface area contributed by atoms with Crippen molar-refractivity contribution in [1.29, 1.82) is 0 Å². The van der Waals surface area contributed by atoms with E-state index < -0.39 is 0 Å². The predicted molar refractivity (Wildman–Crippen MR) is 86.3 cm³/mol. The van der Waals surface area contributed by atoms with Crippen molar-refractivity contribution in [3.05, 3.63) is 61.1 Å². The van der Waals surface area contributed by atoms with E-state index in [0.717, 1.165) is 13.7 Å². The van der Waals surface area contributed by atoms with Gasteiger partial charge in [-0.1, -0.05) is 17.7 Å². The fourth-order valence-corrected chi connectivity index (χ4v) is 2.36. The van der Waals surface area contributed by atoms with E-state index in [2.05, 4.69) is 43.8 Å². The van der Waals surface area contributed by atoms with Gasteiger partial charge in [-0.25, -0.2) is 0 Å². The first-order chi connectivity index (χ1) is 8.56. The van der Waals surface area contributed by atoms with Crippen LogP contribution in [0.1, 0.15) is 10.4 Å². The summed E-state index contributed by atoms with van der Waals surface area (Å²) in [4.78, 5) is 12.0. The van der Waals surface area contributed by atoms with E-state index in [1.165, 1.54) is 0 Å². The third-order valence-corrected chi connectivity index (χ3v) is 4.82. The Labute approximate surface area is 132 Å². The van der Waals surface area contributed by atoms with Gasteiger partial charge in [-0.15, -0.1) is 0 Å². The number of benzene rings is 2. The van der Waals surface area contributed by atoms with Gasteiger partial charge in [0.25, 0.3) is 5.91 Å². The van der Waals surface area contributed by atoms with E-state index in [4.69, 9.17) is 11.6 Å². The molecule has 0 spiro atoms. The maximum absolute atomic E-state index is 12.0. The van der Waals surface area contributed by atoms with Crippen LogP contribution < -0.4 is 5.32 Å². The summed E-state index contributed by atoms with van der Waals surface area (Å²) in [6, 6.07) is 12.5. The lowest BCUT2D eigenvalue weighted by Crippen LogP contribution is -2.11. The zero-order valence-electron chi connectivity index (χ0n) is 9.08. The molecule has 18 heavy (non-hydrogen) atoms. The monoisotopic (exact) mass is 435 g/mol. The van der Waals surface area contributed by atoms with Crippen molar-refractivity contribution in [2.75, 3.05) is 5.32 Å². The number of carbonyl (C=O) groups excluding carboxylic acids is 1. The maximum Gasteiger partial charge on any atom is 0.255 e. The van der Waals surface area contributed by atoms with Crippen LogP contribution in [0.2, 0.25) is 5.02 Å². The molecule has 0 heterocycles. The quantitative estimate of drug-likeness (QED) is 0.663. The van der Waals surface area contributed by atoms with E-state index >= 15 is 0 Å². The molecule has 1 amide bonds. The highest BCUT2D eigenvalue weighted by atomic mass is 127. The lowest BCUT2D eigenvalue weighted by Gasteiger charge is -2.06. The van der Waals surface area contributed by atoms with Crippen molar-refractivity contribution in [2.45, 2.75) is 0 Å². The Hall–Kier alpha value is -0.590. The molecular weight excluding hydrogens is 428 g/mol. The van der Waals surface area contributed by atoms with Crippen LogP contribution in [0, 0.1) is 3.57 Å². The Kier molecular flexibility index (Phi) is 4.64. The predicted octanol–water partition coefficient (Wildman–Crippen LogP) is 4.96. The first-order valence-electron chi connectivity index (χ1n) is 5.08. The molecule has 0 bridgehead atoms. The molecule has 0 saturated heterocycles. The van der Waals surface area contributed by atoms with E-state index in [-0.39, 0.29) is 5.91 Å². The van der Waals surface area contributed by atoms with E-state index in [1.807, 2.05) is 18.2 Å². The minimum Gasteiger partial charge on any atom is -0.322 e. The molecule has 92 valence electrons. The molecule has 0 aliphatic carbocycles. The lowest BCUT2D eigenvalue weighted by molar-refractivity contribution is 0.102. The van der Waals surface area contributed by atoms with Crippen LogP contribution in [0.15, 0.2) is 46.9 Å². The van der Waals surface area contributed by atoms with Crippen molar-refractivity contribution < 1.29 is 4.79 Å². The third kappa shape index (κ3) is 3.46. The summed E-state index contributed by atoms with van der Waals surface area (Å²) in [6.07, 6.45) is 0. The van der Waals surface area contributed by atoms with Gasteiger partial charge in [0.05, 0.1) is 0 Å². The number of carbonyl (C=O) groups is 1. The van der Waals surface area contributed by atoms with Gasteiger partial charge in [0, 0.05) is 24.3 Å². The molecule has 0 saturated carbocycles. The number of halogens is 3. The van der Waals surface area contributed by atoms with Crippen LogP contribution in [0.4, 0.5) is 5.69 Å². The molecule has 0 aliphatic heterocycles. The number of hydrogen-bond donors (Lipinski definition) is 1. The second kappa shape index (κ2) is 6.04. The molecule has 2 aromatic carbocycles. The summed E-state index contributed by atoms with van der Waals surface area (Å²) in [5, 5.41) is 3.38. The smallest absolute Gasteiger partial charge is 0.255 e. The molecule has 2 rings (SSSR count). The third-order valence-electron chi connectivity index (χ3n) is 2.26. The van der Waals surface area contributed by atoms with E-state index in [9.17, 15) is 4.79 Å². The van der Waals surface area contributed by atoms with Crippen LogP contribution in [0.25, 0.3) is 0 Å². The van der Waals surface area contributed by atoms with Crippen molar-refractivity contribution in [2.24, 2.45) is 0 Å². The van der Waals surface area contributed by atoms with Crippen molar-refractivity contribution in [3.63, 3.8) is 0 Å². The summed E-state index contributed by atoms with van der Waals surface area (Å²) in [6.45, 7) is 0. The molecule has 0 unspecified atom stereocenters. The standard InChI is InChI=1S/C13H8BrClINO/c14-11-5-4-10(7-12(11)16)17-13(18)8-2-1-3-9(15)6-8/h1-7H,(H,17,18). The summed E-state index contributed by atoms with van der Waals surface area (Å²) in [7, 11) is 0. The average Bonchev–Trinajstić information content (AvgIpc) is 2.34. The van der Waals surface area contributed by atoms with Crippen molar-refractivity contribution >= 4 is 61.7 Å². The highest BCUT2D eigenvalue weighted by Gasteiger charge is 2.07. The van der Waals surface area contributed by atoms with Crippen LogP contribution in [-0.2, 0) is 0 Å². The van der Waals surface area contributed by atoms with Gasteiger partial charge in [-0.3, -0.25) is 4.79 Å². The van der Waals surface area contributed by atoms with Gasteiger partial charge in [-0.05, 0) is 74.9 Å². The summed E-state index contributed by atoms with van der Waals surface area (Å²) in [5.41, 5.74) is 1.30.